The smallest absolute Gasteiger partial charge is 0.310 e. The van der Waals surface area contributed by atoms with Crippen molar-refractivity contribution in [2.24, 2.45) is 5.41 Å². The van der Waals surface area contributed by atoms with Crippen molar-refractivity contribution < 1.29 is 14.3 Å². The van der Waals surface area contributed by atoms with Gasteiger partial charge in [-0.1, -0.05) is 11.6 Å². The normalized spacial score (nSPS) is 11.2. The van der Waals surface area contributed by atoms with Crippen LogP contribution in [0.3, 0.4) is 0 Å². The molecular formula is C11H13ClFNO2. The highest BCUT2D eigenvalue weighted by molar-refractivity contribution is 6.30. The third-order valence-corrected chi connectivity index (χ3v) is 2.47. The quantitative estimate of drug-likeness (QED) is 0.857. The number of carboxylic acid groups (broad SMARTS) is 1. The molecule has 0 heterocycles. The Morgan fingerprint density at radius 3 is 2.69 bits per heavy atom. The van der Waals surface area contributed by atoms with E-state index in [4.69, 9.17) is 16.7 Å². The van der Waals surface area contributed by atoms with Gasteiger partial charge >= 0.3 is 5.97 Å². The minimum absolute atomic E-state index is 0.140. The largest absolute Gasteiger partial charge is 0.481 e. The summed E-state index contributed by atoms with van der Waals surface area (Å²) in [7, 11) is 0. The van der Waals surface area contributed by atoms with Gasteiger partial charge in [0.25, 0.3) is 0 Å². The molecule has 0 amide bonds. The van der Waals surface area contributed by atoms with Gasteiger partial charge in [0, 0.05) is 11.6 Å². The molecule has 1 rings (SSSR count). The van der Waals surface area contributed by atoms with Crippen LogP contribution < -0.4 is 5.32 Å². The number of anilines is 1. The second-order valence-corrected chi connectivity index (χ2v) is 4.60. The minimum Gasteiger partial charge on any atom is -0.481 e. The van der Waals surface area contributed by atoms with Gasteiger partial charge in [-0.15, -0.1) is 0 Å². The lowest BCUT2D eigenvalue weighted by Crippen LogP contribution is -2.31. The van der Waals surface area contributed by atoms with Gasteiger partial charge in [-0.3, -0.25) is 4.79 Å². The summed E-state index contributed by atoms with van der Waals surface area (Å²) in [5.74, 6) is -1.43. The molecule has 0 radical (unpaired) electrons. The van der Waals surface area contributed by atoms with Crippen LogP contribution in [0, 0.1) is 11.2 Å². The fourth-order valence-corrected chi connectivity index (χ4v) is 1.18. The molecule has 0 unspecified atom stereocenters. The lowest BCUT2D eigenvalue weighted by Gasteiger charge is -2.20. The Morgan fingerprint density at radius 2 is 2.19 bits per heavy atom. The molecule has 1 aromatic rings. The van der Waals surface area contributed by atoms with Gasteiger partial charge in [-0.05, 0) is 32.0 Å². The van der Waals surface area contributed by atoms with E-state index in [1.165, 1.54) is 12.1 Å². The van der Waals surface area contributed by atoms with Gasteiger partial charge in [-0.2, -0.15) is 0 Å². The predicted octanol–water partition coefficient (Wildman–Crippen LogP) is 3.00. The van der Waals surface area contributed by atoms with Crippen molar-refractivity contribution in [3.05, 3.63) is 29.0 Å². The molecule has 0 aliphatic carbocycles. The Morgan fingerprint density at radius 1 is 1.56 bits per heavy atom. The lowest BCUT2D eigenvalue weighted by atomic mass is 9.94. The molecule has 5 heteroatoms. The van der Waals surface area contributed by atoms with E-state index in [1.54, 1.807) is 19.9 Å². The number of rotatable bonds is 4. The number of hydrogen-bond donors (Lipinski definition) is 2. The zero-order valence-electron chi connectivity index (χ0n) is 9.05. The number of nitrogens with one attached hydrogen (secondary N) is 1. The van der Waals surface area contributed by atoms with Crippen molar-refractivity contribution in [3.8, 4) is 0 Å². The molecular weight excluding hydrogens is 233 g/mol. The molecule has 0 saturated heterocycles. The average Bonchev–Trinajstić information content (AvgIpc) is 2.16. The van der Waals surface area contributed by atoms with Crippen LogP contribution in [0.15, 0.2) is 18.2 Å². The van der Waals surface area contributed by atoms with Crippen molar-refractivity contribution in [1.82, 2.24) is 0 Å². The van der Waals surface area contributed by atoms with Gasteiger partial charge < -0.3 is 10.4 Å². The van der Waals surface area contributed by atoms with Crippen LogP contribution in [0.5, 0.6) is 0 Å². The summed E-state index contributed by atoms with van der Waals surface area (Å²) in [5.41, 5.74) is -0.703. The molecule has 0 aliphatic rings. The highest BCUT2D eigenvalue weighted by atomic mass is 35.5. The van der Waals surface area contributed by atoms with Crippen molar-refractivity contribution in [3.63, 3.8) is 0 Å². The number of halogens is 2. The zero-order valence-corrected chi connectivity index (χ0v) is 9.81. The molecule has 2 N–H and O–H groups in total. The number of aliphatic carboxylic acids is 1. The lowest BCUT2D eigenvalue weighted by molar-refractivity contribution is -0.146. The Bertz CT molecular complexity index is 407. The molecule has 88 valence electrons. The van der Waals surface area contributed by atoms with Crippen LogP contribution in [0.1, 0.15) is 13.8 Å². The first kappa shape index (κ1) is 12.8. The average molecular weight is 246 g/mol. The van der Waals surface area contributed by atoms with E-state index < -0.39 is 17.2 Å². The molecule has 1 aromatic carbocycles. The summed E-state index contributed by atoms with van der Waals surface area (Å²) in [5, 5.41) is 11.9. The highest BCUT2D eigenvalue weighted by Crippen LogP contribution is 2.21. The van der Waals surface area contributed by atoms with Gasteiger partial charge in [0.1, 0.15) is 5.82 Å². The van der Waals surface area contributed by atoms with E-state index in [2.05, 4.69) is 5.32 Å². The predicted molar refractivity (Wildman–Crippen MR) is 61.3 cm³/mol. The number of hydrogen-bond acceptors (Lipinski definition) is 2. The first-order chi connectivity index (χ1) is 7.33. The van der Waals surface area contributed by atoms with E-state index in [0.29, 0.717) is 5.02 Å². The summed E-state index contributed by atoms with van der Waals surface area (Å²) in [6.45, 7) is 3.27. The van der Waals surface area contributed by atoms with Crippen LogP contribution in [0.25, 0.3) is 0 Å². The van der Waals surface area contributed by atoms with Crippen molar-refractivity contribution in [1.29, 1.82) is 0 Å². The summed E-state index contributed by atoms with van der Waals surface area (Å²) in [6, 6.07) is 4.20. The van der Waals surface area contributed by atoms with E-state index >= 15 is 0 Å². The van der Waals surface area contributed by atoms with E-state index in [0.717, 1.165) is 0 Å². The standard InChI is InChI=1S/C11H13ClFNO2/c1-11(2,10(15)16)6-14-9-4-3-7(12)5-8(9)13/h3-5,14H,6H2,1-2H3,(H,15,16). The van der Waals surface area contributed by atoms with Crippen LogP contribution in [-0.2, 0) is 4.79 Å². The molecule has 0 saturated carbocycles. The maximum absolute atomic E-state index is 13.3. The van der Waals surface area contributed by atoms with Crippen molar-refractivity contribution in [2.45, 2.75) is 13.8 Å². The topological polar surface area (TPSA) is 49.3 Å². The highest BCUT2D eigenvalue weighted by Gasteiger charge is 2.26. The summed E-state index contributed by atoms with van der Waals surface area (Å²) in [4.78, 5) is 10.8. The molecule has 0 bridgehead atoms. The van der Waals surface area contributed by atoms with Gasteiger partial charge in [0.05, 0.1) is 11.1 Å². The van der Waals surface area contributed by atoms with Crippen molar-refractivity contribution >= 4 is 23.3 Å². The van der Waals surface area contributed by atoms with Crippen LogP contribution in [-0.4, -0.2) is 17.6 Å². The van der Waals surface area contributed by atoms with Crippen molar-refractivity contribution in [2.75, 3.05) is 11.9 Å². The van der Waals surface area contributed by atoms with E-state index in [-0.39, 0.29) is 12.2 Å². The minimum atomic E-state index is -0.952. The third-order valence-electron chi connectivity index (χ3n) is 2.23. The first-order valence-electron chi connectivity index (χ1n) is 4.75. The van der Waals surface area contributed by atoms with Gasteiger partial charge in [0.15, 0.2) is 0 Å². The zero-order chi connectivity index (χ0) is 12.3. The molecule has 3 nitrogen and oxygen atoms in total. The third kappa shape index (κ3) is 3.10. The first-order valence-corrected chi connectivity index (χ1v) is 5.13. The Kier molecular flexibility index (Phi) is 3.75. The molecule has 0 aromatic heterocycles. The van der Waals surface area contributed by atoms with Crippen LogP contribution in [0.4, 0.5) is 10.1 Å². The second kappa shape index (κ2) is 4.70. The fraction of sp³-hybridized carbons (Fsp3) is 0.364. The van der Waals surface area contributed by atoms with Gasteiger partial charge in [-0.25, -0.2) is 4.39 Å². The SMILES string of the molecule is CC(C)(CNc1ccc(Cl)cc1F)C(=O)O. The fourth-order valence-electron chi connectivity index (χ4n) is 1.02. The number of carboxylic acids is 1. The van der Waals surface area contributed by atoms with Crippen LogP contribution >= 0.6 is 11.6 Å². The maximum Gasteiger partial charge on any atom is 0.310 e. The Labute approximate surface area is 98.2 Å². The van der Waals surface area contributed by atoms with E-state index in [1.807, 2.05) is 0 Å². The summed E-state index contributed by atoms with van der Waals surface area (Å²) >= 11 is 5.60. The molecule has 16 heavy (non-hydrogen) atoms. The Balaban J connectivity index is 2.72. The molecule has 0 fully saturated rings. The maximum atomic E-state index is 13.3. The second-order valence-electron chi connectivity index (χ2n) is 4.17. The molecule has 0 atom stereocenters. The number of benzene rings is 1. The Hall–Kier alpha value is -1.29. The van der Waals surface area contributed by atoms with E-state index in [9.17, 15) is 9.18 Å². The summed E-state index contributed by atoms with van der Waals surface area (Å²) in [6.07, 6.45) is 0. The number of carbonyl (C=O) groups is 1. The monoisotopic (exact) mass is 245 g/mol. The van der Waals surface area contributed by atoms with Crippen LogP contribution in [0.2, 0.25) is 5.02 Å². The van der Waals surface area contributed by atoms with Gasteiger partial charge in [0.2, 0.25) is 0 Å². The molecule has 0 spiro atoms. The summed E-state index contributed by atoms with van der Waals surface area (Å²) < 4.78 is 13.3. The molecule has 0 aliphatic heterocycles.